The Morgan fingerprint density at radius 1 is 1.11 bits per heavy atom. The average molecular weight is 387 g/mol. The van der Waals surface area contributed by atoms with E-state index in [0.717, 1.165) is 37.0 Å². The number of aryl methyl sites for hydroxylation is 1. The van der Waals surface area contributed by atoms with Gasteiger partial charge < -0.3 is 10.2 Å². The molecular weight excluding hydrogens is 367 g/mol. The first-order chi connectivity index (χ1) is 12.6. The van der Waals surface area contributed by atoms with Crippen LogP contribution in [-0.2, 0) is 0 Å². The van der Waals surface area contributed by atoms with E-state index < -0.39 is 0 Å². The van der Waals surface area contributed by atoms with E-state index in [1.54, 1.807) is 18.3 Å². The molecule has 0 radical (unpaired) electrons. The number of nitrogens with one attached hydrogen (secondary N) is 1. The molecule has 7 heteroatoms. The molecule has 2 aromatic heterocycles. The standard InChI is InChI=1S/C20H19FN4O.ClH/c1-13-4-9-16-18(24-15-7-5-14(21)6-8-15)17(12-22-19(16)23-13)20(26)25-10-2-3-11-25;/h4-9,12H,2-3,10-11H2,1H3,(H,22,23,24);1H. The molecule has 0 unspecified atom stereocenters. The fraction of sp³-hybridized carbons (Fsp3) is 0.250. The van der Waals surface area contributed by atoms with Gasteiger partial charge in [-0.2, -0.15) is 0 Å². The lowest BCUT2D eigenvalue weighted by atomic mass is 10.1. The third-order valence-corrected chi connectivity index (χ3v) is 4.61. The van der Waals surface area contributed by atoms with Crippen LogP contribution in [0.3, 0.4) is 0 Å². The smallest absolute Gasteiger partial charge is 0.257 e. The molecule has 0 bridgehead atoms. The average Bonchev–Trinajstić information content (AvgIpc) is 3.18. The van der Waals surface area contributed by atoms with Crippen molar-refractivity contribution in [1.82, 2.24) is 14.9 Å². The van der Waals surface area contributed by atoms with Crippen LogP contribution in [-0.4, -0.2) is 33.9 Å². The predicted octanol–water partition coefficient (Wildman–Crippen LogP) is 4.48. The normalized spacial score (nSPS) is 13.5. The van der Waals surface area contributed by atoms with Crippen molar-refractivity contribution in [3.63, 3.8) is 0 Å². The zero-order valence-corrected chi connectivity index (χ0v) is 15.7. The molecule has 0 spiro atoms. The lowest BCUT2D eigenvalue weighted by Crippen LogP contribution is -2.28. The second-order valence-corrected chi connectivity index (χ2v) is 6.50. The number of aromatic nitrogens is 2. The molecule has 1 aromatic carbocycles. The molecule has 5 nitrogen and oxygen atoms in total. The number of rotatable bonds is 3. The van der Waals surface area contributed by atoms with Gasteiger partial charge in [-0.25, -0.2) is 14.4 Å². The van der Waals surface area contributed by atoms with Crippen LogP contribution in [0.4, 0.5) is 15.8 Å². The number of pyridine rings is 2. The molecule has 1 amide bonds. The number of hydrogen-bond donors (Lipinski definition) is 1. The summed E-state index contributed by atoms with van der Waals surface area (Å²) in [5, 5.41) is 4.04. The Labute approximate surface area is 163 Å². The molecule has 1 fully saturated rings. The minimum atomic E-state index is -0.305. The second-order valence-electron chi connectivity index (χ2n) is 6.50. The number of hydrogen-bond acceptors (Lipinski definition) is 4. The highest BCUT2D eigenvalue weighted by Gasteiger charge is 2.24. The van der Waals surface area contributed by atoms with Crippen LogP contribution < -0.4 is 5.32 Å². The minimum absolute atomic E-state index is 0. The van der Waals surface area contributed by atoms with Gasteiger partial charge in [0.2, 0.25) is 0 Å². The first-order valence-electron chi connectivity index (χ1n) is 8.70. The van der Waals surface area contributed by atoms with Crippen LogP contribution in [0.5, 0.6) is 0 Å². The molecule has 3 aromatic rings. The Balaban J connectivity index is 0.00000210. The summed E-state index contributed by atoms with van der Waals surface area (Å²) < 4.78 is 13.2. The number of nitrogens with zero attached hydrogens (tertiary/aromatic N) is 3. The Kier molecular flexibility index (Phi) is 5.56. The van der Waals surface area contributed by atoms with Gasteiger partial charge in [0.15, 0.2) is 5.65 Å². The summed E-state index contributed by atoms with van der Waals surface area (Å²) >= 11 is 0. The third-order valence-electron chi connectivity index (χ3n) is 4.61. The van der Waals surface area contributed by atoms with E-state index in [0.29, 0.717) is 22.6 Å². The van der Waals surface area contributed by atoms with Crippen LogP contribution in [0, 0.1) is 12.7 Å². The highest BCUT2D eigenvalue weighted by Crippen LogP contribution is 2.30. The maximum Gasteiger partial charge on any atom is 0.257 e. The zero-order valence-electron chi connectivity index (χ0n) is 14.9. The minimum Gasteiger partial charge on any atom is -0.354 e. The van der Waals surface area contributed by atoms with Crippen molar-refractivity contribution in [3.05, 3.63) is 59.7 Å². The number of fused-ring (bicyclic) bond motifs is 1. The largest absolute Gasteiger partial charge is 0.354 e. The fourth-order valence-corrected chi connectivity index (χ4v) is 3.24. The number of likely N-dealkylation sites (tertiary alicyclic amines) is 1. The number of carbonyl (C=O) groups is 1. The third kappa shape index (κ3) is 3.85. The quantitative estimate of drug-likeness (QED) is 0.721. The number of benzene rings is 1. The Bertz CT molecular complexity index is 972. The Hall–Kier alpha value is -2.73. The van der Waals surface area contributed by atoms with Gasteiger partial charge in [0, 0.05) is 36.1 Å². The SMILES string of the molecule is Cc1ccc2c(Nc3ccc(F)cc3)c(C(=O)N3CCCC3)cnc2n1.Cl. The van der Waals surface area contributed by atoms with Gasteiger partial charge in [0.25, 0.3) is 5.91 Å². The monoisotopic (exact) mass is 386 g/mol. The summed E-state index contributed by atoms with van der Waals surface area (Å²) in [4.78, 5) is 23.7. The van der Waals surface area contributed by atoms with Gasteiger partial charge in [0.1, 0.15) is 5.82 Å². The van der Waals surface area contributed by atoms with Crippen molar-refractivity contribution in [3.8, 4) is 0 Å². The highest BCUT2D eigenvalue weighted by molar-refractivity contribution is 6.07. The van der Waals surface area contributed by atoms with Crippen molar-refractivity contribution in [2.45, 2.75) is 19.8 Å². The maximum absolute atomic E-state index is 13.2. The molecular formula is C20H20ClFN4O. The summed E-state index contributed by atoms with van der Waals surface area (Å²) in [6.45, 7) is 3.43. The van der Waals surface area contributed by atoms with Crippen LogP contribution in [0.2, 0.25) is 0 Å². The number of halogens is 2. The van der Waals surface area contributed by atoms with E-state index in [-0.39, 0.29) is 24.1 Å². The van der Waals surface area contributed by atoms with Gasteiger partial charge in [-0.3, -0.25) is 4.79 Å². The van der Waals surface area contributed by atoms with Crippen molar-refractivity contribution < 1.29 is 9.18 Å². The van der Waals surface area contributed by atoms with E-state index in [4.69, 9.17) is 0 Å². The van der Waals surface area contributed by atoms with Gasteiger partial charge in [0.05, 0.1) is 11.3 Å². The molecule has 1 aliphatic heterocycles. The Morgan fingerprint density at radius 3 is 2.52 bits per heavy atom. The van der Waals surface area contributed by atoms with Crippen LogP contribution in [0.1, 0.15) is 28.9 Å². The molecule has 27 heavy (non-hydrogen) atoms. The molecule has 0 aliphatic carbocycles. The van der Waals surface area contributed by atoms with Crippen molar-refractivity contribution in [2.75, 3.05) is 18.4 Å². The van der Waals surface area contributed by atoms with Gasteiger partial charge in [-0.1, -0.05) is 0 Å². The Morgan fingerprint density at radius 2 is 1.81 bits per heavy atom. The lowest BCUT2D eigenvalue weighted by Gasteiger charge is -2.19. The number of carbonyl (C=O) groups excluding carboxylic acids is 1. The predicted molar refractivity (Wildman–Crippen MR) is 106 cm³/mol. The molecule has 3 heterocycles. The molecule has 0 atom stereocenters. The molecule has 1 aliphatic rings. The number of anilines is 2. The fourth-order valence-electron chi connectivity index (χ4n) is 3.24. The summed E-state index contributed by atoms with van der Waals surface area (Å²) in [6.07, 6.45) is 3.63. The van der Waals surface area contributed by atoms with Crippen molar-refractivity contribution >= 4 is 40.7 Å². The summed E-state index contributed by atoms with van der Waals surface area (Å²) in [7, 11) is 0. The molecule has 4 rings (SSSR count). The van der Waals surface area contributed by atoms with Crippen LogP contribution >= 0.6 is 12.4 Å². The van der Waals surface area contributed by atoms with Crippen LogP contribution in [0.25, 0.3) is 11.0 Å². The van der Waals surface area contributed by atoms with E-state index in [1.165, 1.54) is 12.1 Å². The van der Waals surface area contributed by atoms with E-state index >= 15 is 0 Å². The number of amides is 1. The summed E-state index contributed by atoms with van der Waals surface area (Å²) in [6, 6.07) is 9.87. The molecule has 0 saturated carbocycles. The summed E-state index contributed by atoms with van der Waals surface area (Å²) in [5.74, 6) is -0.345. The van der Waals surface area contributed by atoms with Gasteiger partial charge >= 0.3 is 0 Å². The maximum atomic E-state index is 13.2. The topological polar surface area (TPSA) is 58.1 Å². The molecule has 140 valence electrons. The summed E-state index contributed by atoms with van der Waals surface area (Å²) in [5.41, 5.74) is 3.30. The zero-order chi connectivity index (χ0) is 18.1. The van der Waals surface area contributed by atoms with Crippen molar-refractivity contribution in [2.24, 2.45) is 0 Å². The van der Waals surface area contributed by atoms with E-state index in [1.807, 2.05) is 24.0 Å². The van der Waals surface area contributed by atoms with Crippen LogP contribution in [0.15, 0.2) is 42.6 Å². The van der Waals surface area contributed by atoms with Crippen molar-refractivity contribution in [1.29, 1.82) is 0 Å². The van der Waals surface area contributed by atoms with E-state index in [9.17, 15) is 9.18 Å². The van der Waals surface area contributed by atoms with E-state index in [2.05, 4.69) is 15.3 Å². The molecule has 1 saturated heterocycles. The molecule has 1 N–H and O–H groups in total. The first kappa shape index (κ1) is 19.0. The second kappa shape index (κ2) is 7.88. The first-order valence-corrected chi connectivity index (χ1v) is 8.70. The van der Waals surface area contributed by atoms with Gasteiger partial charge in [-0.15, -0.1) is 12.4 Å². The van der Waals surface area contributed by atoms with Gasteiger partial charge in [-0.05, 0) is 56.2 Å². The highest BCUT2D eigenvalue weighted by atomic mass is 35.5. The lowest BCUT2D eigenvalue weighted by molar-refractivity contribution is 0.0793.